The Hall–Kier alpha value is -2.45. The third-order valence-corrected chi connectivity index (χ3v) is 4.08. The standard InChI is InChI=1S/C17H20F3NO5/c1-4-5-10-8-11(9-13(14(10)24-2)26-17(18,19)20)15(22)21-7-6-12(21)16(23)25-3/h8-9,12H,4-7H2,1-3H3/t12-/m1/s1. The summed E-state index contributed by atoms with van der Waals surface area (Å²) in [4.78, 5) is 25.6. The Morgan fingerprint density at radius 1 is 1.27 bits per heavy atom. The van der Waals surface area contributed by atoms with E-state index in [9.17, 15) is 22.8 Å². The van der Waals surface area contributed by atoms with Gasteiger partial charge < -0.3 is 19.1 Å². The molecule has 0 unspecified atom stereocenters. The Labute approximate surface area is 148 Å². The number of rotatable bonds is 6. The van der Waals surface area contributed by atoms with E-state index in [1.807, 2.05) is 6.92 Å². The molecular weight excluding hydrogens is 355 g/mol. The van der Waals surface area contributed by atoms with Gasteiger partial charge in [-0.15, -0.1) is 13.2 Å². The molecule has 1 saturated heterocycles. The van der Waals surface area contributed by atoms with Crippen molar-refractivity contribution in [1.82, 2.24) is 4.90 Å². The number of aryl methyl sites for hydroxylation is 1. The monoisotopic (exact) mass is 375 g/mol. The molecule has 1 aliphatic rings. The summed E-state index contributed by atoms with van der Waals surface area (Å²) in [5.41, 5.74) is 0.428. The van der Waals surface area contributed by atoms with Crippen LogP contribution in [0, 0.1) is 0 Å². The Balaban J connectivity index is 2.41. The van der Waals surface area contributed by atoms with Crippen LogP contribution >= 0.6 is 0 Å². The van der Waals surface area contributed by atoms with Gasteiger partial charge in [0.15, 0.2) is 11.5 Å². The number of halogens is 3. The summed E-state index contributed by atoms with van der Waals surface area (Å²) in [6.07, 6.45) is -3.45. The summed E-state index contributed by atoms with van der Waals surface area (Å²) in [5, 5.41) is 0. The van der Waals surface area contributed by atoms with Gasteiger partial charge in [-0.05, 0) is 30.5 Å². The summed E-state index contributed by atoms with van der Waals surface area (Å²) in [7, 11) is 2.45. The fourth-order valence-electron chi connectivity index (χ4n) is 2.85. The van der Waals surface area contributed by atoms with Gasteiger partial charge in [-0.2, -0.15) is 0 Å². The van der Waals surface area contributed by atoms with Crippen molar-refractivity contribution in [1.29, 1.82) is 0 Å². The van der Waals surface area contributed by atoms with Crippen LogP contribution in [0.2, 0.25) is 0 Å². The van der Waals surface area contributed by atoms with Gasteiger partial charge in [0.25, 0.3) is 5.91 Å². The van der Waals surface area contributed by atoms with Gasteiger partial charge in [-0.25, -0.2) is 4.79 Å². The number of esters is 1. The van der Waals surface area contributed by atoms with Gasteiger partial charge >= 0.3 is 12.3 Å². The fourth-order valence-corrected chi connectivity index (χ4v) is 2.85. The molecule has 1 aromatic carbocycles. The van der Waals surface area contributed by atoms with Crippen molar-refractivity contribution in [3.8, 4) is 11.5 Å². The van der Waals surface area contributed by atoms with Crippen molar-refractivity contribution >= 4 is 11.9 Å². The number of hydrogen-bond acceptors (Lipinski definition) is 5. The van der Waals surface area contributed by atoms with Gasteiger partial charge in [0.1, 0.15) is 6.04 Å². The first kappa shape index (κ1) is 19.9. The predicted octanol–water partition coefficient (Wildman–Crippen LogP) is 2.93. The van der Waals surface area contributed by atoms with Crippen LogP contribution < -0.4 is 9.47 Å². The first-order valence-corrected chi connectivity index (χ1v) is 8.07. The molecule has 26 heavy (non-hydrogen) atoms. The number of ether oxygens (including phenoxy) is 3. The molecule has 1 aromatic rings. The van der Waals surface area contributed by atoms with Crippen LogP contribution in [0.1, 0.15) is 35.7 Å². The van der Waals surface area contributed by atoms with E-state index in [-0.39, 0.29) is 11.3 Å². The molecule has 0 aromatic heterocycles. The number of carbonyl (C=O) groups is 2. The van der Waals surface area contributed by atoms with Gasteiger partial charge in [0, 0.05) is 12.1 Å². The van der Waals surface area contributed by atoms with Crippen molar-refractivity contribution < 1.29 is 37.0 Å². The Kier molecular flexibility index (Phi) is 5.99. The number of likely N-dealkylation sites (tertiary alicyclic amines) is 1. The first-order chi connectivity index (χ1) is 12.2. The van der Waals surface area contributed by atoms with E-state index in [1.54, 1.807) is 0 Å². The SMILES string of the molecule is CCCc1cc(C(=O)N2CC[C@@H]2C(=O)OC)cc(OC(F)(F)F)c1OC. The maximum Gasteiger partial charge on any atom is 0.573 e. The zero-order valence-electron chi connectivity index (χ0n) is 14.7. The summed E-state index contributed by atoms with van der Waals surface area (Å²) < 4.78 is 51.9. The molecule has 0 spiro atoms. The number of amides is 1. The summed E-state index contributed by atoms with van der Waals surface area (Å²) in [6.45, 7) is 2.17. The van der Waals surface area contributed by atoms with Crippen LogP contribution in [0.4, 0.5) is 13.2 Å². The van der Waals surface area contributed by atoms with Crippen LogP contribution in [0.15, 0.2) is 12.1 Å². The number of carbonyl (C=O) groups excluding carboxylic acids is 2. The zero-order chi connectivity index (χ0) is 19.5. The fraction of sp³-hybridized carbons (Fsp3) is 0.529. The van der Waals surface area contributed by atoms with Crippen LogP contribution in [0.25, 0.3) is 0 Å². The zero-order valence-corrected chi connectivity index (χ0v) is 14.7. The summed E-state index contributed by atoms with van der Waals surface area (Å²) >= 11 is 0. The quantitative estimate of drug-likeness (QED) is 0.716. The maximum atomic E-state index is 12.7. The molecule has 1 heterocycles. The highest BCUT2D eigenvalue weighted by molar-refractivity contribution is 5.98. The average Bonchev–Trinajstić information content (AvgIpc) is 2.52. The number of methoxy groups -OCH3 is 2. The van der Waals surface area contributed by atoms with Gasteiger partial charge in [-0.3, -0.25) is 4.79 Å². The van der Waals surface area contributed by atoms with E-state index in [4.69, 9.17) is 4.74 Å². The molecule has 2 rings (SSSR count). The molecule has 9 heteroatoms. The van der Waals surface area contributed by atoms with Crippen LogP contribution in [-0.2, 0) is 16.0 Å². The molecule has 1 aliphatic heterocycles. The van der Waals surface area contributed by atoms with Crippen molar-refractivity contribution in [3.05, 3.63) is 23.3 Å². The van der Waals surface area contributed by atoms with Crippen LogP contribution in [0.5, 0.6) is 11.5 Å². The number of hydrogen-bond donors (Lipinski definition) is 0. The maximum absolute atomic E-state index is 12.7. The molecule has 0 N–H and O–H groups in total. The van der Waals surface area contributed by atoms with E-state index in [1.165, 1.54) is 25.2 Å². The van der Waals surface area contributed by atoms with Crippen molar-refractivity contribution in [2.24, 2.45) is 0 Å². The lowest BCUT2D eigenvalue weighted by Gasteiger charge is -2.38. The number of nitrogens with zero attached hydrogens (tertiary/aromatic N) is 1. The first-order valence-electron chi connectivity index (χ1n) is 8.07. The van der Waals surface area contributed by atoms with Gasteiger partial charge in [0.2, 0.25) is 0 Å². The third-order valence-electron chi connectivity index (χ3n) is 4.08. The number of alkyl halides is 3. The highest BCUT2D eigenvalue weighted by atomic mass is 19.4. The van der Waals surface area contributed by atoms with Gasteiger partial charge in [-0.1, -0.05) is 13.3 Å². The normalized spacial score (nSPS) is 16.7. The van der Waals surface area contributed by atoms with E-state index in [0.717, 1.165) is 6.07 Å². The smallest absolute Gasteiger partial charge is 0.493 e. The summed E-state index contributed by atoms with van der Waals surface area (Å²) in [6, 6.07) is 1.73. The lowest BCUT2D eigenvalue weighted by molar-refractivity contribution is -0.275. The summed E-state index contributed by atoms with van der Waals surface area (Å²) in [5.74, 6) is -1.75. The third kappa shape index (κ3) is 4.20. The van der Waals surface area contributed by atoms with Crippen molar-refractivity contribution in [2.75, 3.05) is 20.8 Å². The molecule has 6 nitrogen and oxygen atoms in total. The van der Waals surface area contributed by atoms with Crippen molar-refractivity contribution in [2.45, 2.75) is 38.6 Å². The van der Waals surface area contributed by atoms with Crippen LogP contribution in [0.3, 0.4) is 0 Å². The lowest BCUT2D eigenvalue weighted by Crippen LogP contribution is -2.55. The van der Waals surface area contributed by atoms with Crippen LogP contribution in [-0.4, -0.2) is 49.9 Å². The predicted molar refractivity (Wildman–Crippen MR) is 85.1 cm³/mol. The van der Waals surface area contributed by atoms with Crippen molar-refractivity contribution in [3.63, 3.8) is 0 Å². The minimum Gasteiger partial charge on any atom is -0.493 e. The second kappa shape index (κ2) is 7.84. The minimum atomic E-state index is -4.93. The van der Waals surface area contributed by atoms with Gasteiger partial charge in [0.05, 0.1) is 14.2 Å². The Morgan fingerprint density at radius 2 is 1.96 bits per heavy atom. The molecule has 1 amide bonds. The van der Waals surface area contributed by atoms with E-state index in [0.29, 0.717) is 31.4 Å². The average molecular weight is 375 g/mol. The molecule has 0 saturated carbocycles. The Morgan fingerprint density at radius 3 is 2.42 bits per heavy atom. The van der Waals surface area contributed by atoms with E-state index < -0.39 is 30.0 Å². The molecule has 0 aliphatic carbocycles. The Bertz CT molecular complexity index is 690. The second-order valence-corrected chi connectivity index (χ2v) is 5.79. The van der Waals surface area contributed by atoms with E-state index >= 15 is 0 Å². The topological polar surface area (TPSA) is 65.1 Å². The highest BCUT2D eigenvalue weighted by Gasteiger charge is 2.40. The molecule has 0 radical (unpaired) electrons. The molecular formula is C17H20F3NO5. The lowest BCUT2D eigenvalue weighted by atomic mass is 9.99. The molecule has 144 valence electrons. The minimum absolute atomic E-state index is 0.00195. The molecule has 1 fully saturated rings. The molecule has 1 atom stereocenters. The number of benzene rings is 1. The molecule has 0 bridgehead atoms. The second-order valence-electron chi connectivity index (χ2n) is 5.79. The van der Waals surface area contributed by atoms with E-state index in [2.05, 4.69) is 9.47 Å². The highest BCUT2D eigenvalue weighted by Crippen LogP contribution is 2.38. The largest absolute Gasteiger partial charge is 0.573 e.